The van der Waals surface area contributed by atoms with Crippen LogP contribution in [0.25, 0.3) is 11.7 Å². The average Bonchev–Trinajstić information content (AvgIpc) is 3.27. The van der Waals surface area contributed by atoms with Crippen LogP contribution < -0.4 is 10.1 Å². The van der Waals surface area contributed by atoms with Crippen LogP contribution in [-0.2, 0) is 6.61 Å². The smallest absolute Gasteiger partial charge is 0.266 e. The van der Waals surface area contributed by atoms with Crippen LogP contribution in [-0.4, -0.2) is 11.0 Å². The maximum Gasteiger partial charge on any atom is 0.266 e. The molecule has 26 heavy (non-hydrogen) atoms. The van der Waals surface area contributed by atoms with Crippen molar-refractivity contribution in [3.63, 3.8) is 0 Å². The summed E-state index contributed by atoms with van der Waals surface area (Å²) in [6.45, 7) is 4.34. The Kier molecular flexibility index (Phi) is 5.64. The van der Waals surface area contributed by atoms with Crippen molar-refractivity contribution in [1.82, 2.24) is 4.98 Å². The molecule has 6 nitrogen and oxygen atoms in total. The molecule has 0 fully saturated rings. The number of benzene rings is 1. The molecule has 0 aliphatic heterocycles. The highest BCUT2D eigenvalue weighted by Gasteiger charge is 2.18. The van der Waals surface area contributed by atoms with Crippen LogP contribution in [0.5, 0.6) is 5.75 Å². The van der Waals surface area contributed by atoms with Gasteiger partial charge in [-0.05, 0) is 49.7 Å². The summed E-state index contributed by atoms with van der Waals surface area (Å²) in [5.74, 6) is 2.46. The number of nitrogens with one attached hydrogen (secondary N) is 1. The maximum absolute atomic E-state index is 9.23. The predicted octanol–water partition coefficient (Wildman–Crippen LogP) is 5.36. The fourth-order valence-corrected chi connectivity index (χ4v) is 2.45. The lowest BCUT2D eigenvalue weighted by atomic mass is 10.2. The summed E-state index contributed by atoms with van der Waals surface area (Å²) in [4.78, 5) is 4.20. The van der Waals surface area contributed by atoms with Gasteiger partial charge < -0.3 is 18.9 Å². The number of halogens is 1. The highest BCUT2D eigenvalue weighted by atomic mass is 79.9. The topological polar surface area (TPSA) is 84.2 Å². The summed E-state index contributed by atoms with van der Waals surface area (Å²) in [5, 5.41) is 12.4. The van der Waals surface area contributed by atoms with Gasteiger partial charge in [0, 0.05) is 10.5 Å². The van der Waals surface area contributed by atoms with Crippen LogP contribution in [0.15, 0.2) is 49.7 Å². The Labute approximate surface area is 159 Å². The zero-order valence-corrected chi connectivity index (χ0v) is 16.0. The third-order valence-electron chi connectivity index (χ3n) is 3.79. The van der Waals surface area contributed by atoms with Crippen molar-refractivity contribution < 1.29 is 13.6 Å². The van der Waals surface area contributed by atoms with Gasteiger partial charge in [-0.15, -0.1) is 0 Å². The van der Waals surface area contributed by atoms with Crippen LogP contribution in [0.1, 0.15) is 31.7 Å². The second kappa shape index (κ2) is 8.11. The van der Waals surface area contributed by atoms with Gasteiger partial charge in [0.1, 0.15) is 24.2 Å². The number of hydrogen-bond acceptors (Lipinski definition) is 6. The number of hydrogen-bond donors (Lipinski definition) is 1. The molecule has 3 aromatic rings. The van der Waals surface area contributed by atoms with Gasteiger partial charge in [0.05, 0.1) is 0 Å². The summed E-state index contributed by atoms with van der Waals surface area (Å²) >= 11 is 3.38. The third kappa shape index (κ3) is 4.27. The summed E-state index contributed by atoms with van der Waals surface area (Å²) in [5.41, 5.74) is 0.212. The molecule has 1 atom stereocenters. The number of anilines is 1. The van der Waals surface area contributed by atoms with E-state index in [-0.39, 0.29) is 24.2 Å². The molecule has 0 aliphatic carbocycles. The molecule has 0 aliphatic rings. The number of aromatic nitrogens is 1. The Morgan fingerprint density at radius 3 is 2.69 bits per heavy atom. The van der Waals surface area contributed by atoms with E-state index in [2.05, 4.69) is 26.2 Å². The fraction of sp³-hybridized carbons (Fsp3) is 0.263. The molecule has 2 heterocycles. The molecular formula is C19H18BrN3O3. The van der Waals surface area contributed by atoms with Crippen LogP contribution in [0.2, 0.25) is 0 Å². The Morgan fingerprint density at radius 2 is 2.00 bits per heavy atom. The van der Waals surface area contributed by atoms with E-state index in [4.69, 9.17) is 13.6 Å². The van der Waals surface area contributed by atoms with Crippen molar-refractivity contribution in [2.45, 2.75) is 32.9 Å². The molecule has 3 rings (SSSR count). The molecule has 0 amide bonds. The first kappa shape index (κ1) is 18.1. The molecule has 1 N–H and O–H groups in total. The first-order valence-electron chi connectivity index (χ1n) is 8.24. The molecule has 1 aromatic carbocycles. The van der Waals surface area contributed by atoms with Crippen LogP contribution >= 0.6 is 15.9 Å². The molecule has 134 valence electrons. The first-order valence-corrected chi connectivity index (χ1v) is 9.03. The van der Waals surface area contributed by atoms with E-state index in [1.54, 1.807) is 12.1 Å². The molecule has 0 bridgehead atoms. The van der Waals surface area contributed by atoms with Gasteiger partial charge in [-0.3, -0.25) is 0 Å². The van der Waals surface area contributed by atoms with Crippen molar-refractivity contribution in [2.75, 3.05) is 5.32 Å². The van der Waals surface area contributed by atoms with E-state index >= 15 is 0 Å². The minimum atomic E-state index is 0.175. The zero-order valence-electron chi connectivity index (χ0n) is 14.5. The third-order valence-corrected chi connectivity index (χ3v) is 4.32. The van der Waals surface area contributed by atoms with Gasteiger partial charge in [-0.1, -0.05) is 22.9 Å². The Hall–Kier alpha value is -2.72. The van der Waals surface area contributed by atoms with Crippen LogP contribution in [0.3, 0.4) is 0 Å². The van der Waals surface area contributed by atoms with E-state index in [0.717, 1.165) is 16.6 Å². The van der Waals surface area contributed by atoms with Crippen molar-refractivity contribution in [3.8, 4) is 23.5 Å². The number of rotatable bonds is 7. The van der Waals surface area contributed by atoms with Gasteiger partial charge in [0.2, 0.25) is 11.6 Å². The lowest BCUT2D eigenvalue weighted by Gasteiger charge is -2.08. The molecule has 0 spiro atoms. The minimum absolute atomic E-state index is 0.175. The molecule has 0 saturated heterocycles. The van der Waals surface area contributed by atoms with Crippen LogP contribution in [0.4, 0.5) is 5.88 Å². The van der Waals surface area contributed by atoms with E-state index in [0.29, 0.717) is 17.4 Å². The van der Waals surface area contributed by atoms with Crippen molar-refractivity contribution in [2.24, 2.45) is 0 Å². The maximum atomic E-state index is 9.23. The lowest BCUT2D eigenvalue weighted by Crippen LogP contribution is -2.13. The molecule has 7 heteroatoms. The van der Waals surface area contributed by atoms with Crippen molar-refractivity contribution >= 4 is 21.8 Å². The van der Waals surface area contributed by atoms with E-state index in [1.807, 2.05) is 44.2 Å². The standard InChI is InChI=1S/C19H18BrN3O3/c1-3-12(2)22-18-16(10-21)23-19(26-18)17-9-8-15(25-17)11-24-14-6-4-13(20)5-7-14/h4-9,12,22H,3,11H2,1-2H3/t12-/m0/s1. The largest absolute Gasteiger partial charge is 0.486 e. The van der Waals surface area contributed by atoms with Gasteiger partial charge in [-0.25, -0.2) is 0 Å². The normalized spacial score (nSPS) is 11.8. The highest BCUT2D eigenvalue weighted by molar-refractivity contribution is 9.10. The van der Waals surface area contributed by atoms with E-state index in [9.17, 15) is 5.26 Å². The second-order valence-corrected chi connectivity index (χ2v) is 6.69. The summed E-state index contributed by atoms with van der Waals surface area (Å²) < 4.78 is 18.1. The minimum Gasteiger partial charge on any atom is -0.486 e. The van der Waals surface area contributed by atoms with Gasteiger partial charge in [-0.2, -0.15) is 10.2 Å². The first-order chi connectivity index (χ1) is 12.6. The molecule has 0 saturated carbocycles. The fourth-order valence-electron chi connectivity index (χ4n) is 2.18. The summed E-state index contributed by atoms with van der Waals surface area (Å²) in [6, 6.07) is 13.3. The number of nitrogens with zero attached hydrogens (tertiary/aromatic N) is 2. The predicted molar refractivity (Wildman–Crippen MR) is 101 cm³/mol. The highest BCUT2D eigenvalue weighted by Crippen LogP contribution is 2.28. The Morgan fingerprint density at radius 1 is 1.23 bits per heavy atom. The van der Waals surface area contributed by atoms with Gasteiger partial charge in [0.25, 0.3) is 5.89 Å². The van der Waals surface area contributed by atoms with E-state index in [1.165, 1.54) is 0 Å². The Balaban J connectivity index is 1.71. The second-order valence-electron chi connectivity index (χ2n) is 5.77. The lowest BCUT2D eigenvalue weighted by molar-refractivity contribution is 0.271. The monoisotopic (exact) mass is 415 g/mol. The van der Waals surface area contributed by atoms with Crippen LogP contribution in [0, 0.1) is 11.3 Å². The molecular weight excluding hydrogens is 398 g/mol. The number of nitriles is 1. The van der Waals surface area contributed by atoms with Crippen molar-refractivity contribution in [3.05, 3.63) is 52.3 Å². The number of oxazole rings is 1. The average molecular weight is 416 g/mol. The zero-order chi connectivity index (χ0) is 18.5. The van der Waals surface area contributed by atoms with Crippen molar-refractivity contribution in [1.29, 1.82) is 5.26 Å². The SMILES string of the molecule is CC[C@H](C)Nc1oc(-c2ccc(COc3ccc(Br)cc3)o2)nc1C#N. The van der Waals surface area contributed by atoms with E-state index < -0.39 is 0 Å². The summed E-state index contributed by atoms with van der Waals surface area (Å²) in [7, 11) is 0. The quantitative estimate of drug-likeness (QED) is 0.558. The molecule has 0 unspecified atom stereocenters. The summed E-state index contributed by atoms with van der Waals surface area (Å²) in [6.07, 6.45) is 0.902. The van der Waals surface area contributed by atoms with Gasteiger partial charge in [0.15, 0.2) is 5.76 Å². The molecule has 0 radical (unpaired) electrons. The number of ether oxygens (including phenoxy) is 1. The van der Waals surface area contributed by atoms with Gasteiger partial charge >= 0.3 is 0 Å². The Bertz CT molecular complexity index is 909. The molecule has 2 aromatic heterocycles. The number of furan rings is 1.